The van der Waals surface area contributed by atoms with Crippen LogP contribution in [-0.2, 0) is 18.4 Å². The fourth-order valence-corrected chi connectivity index (χ4v) is 3.25. The Morgan fingerprint density at radius 2 is 1.92 bits per heavy atom. The van der Waals surface area contributed by atoms with Gasteiger partial charge in [0.1, 0.15) is 12.9 Å². The molecule has 4 rings (SSSR count). The number of aromatic nitrogens is 4. The minimum Gasteiger partial charge on any atom is -0.339 e. The van der Waals surface area contributed by atoms with Crippen molar-refractivity contribution in [2.75, 3.05) is 33.2 Å². The van der Waals surface area contributed by atoms with E-state index in [-0.39, 0.29) is 5.91 Å². The van der Waals surface area contributed by atoms with Gasteiger partial charge in [-0.3, -0.25) is 9.48 Å². The highest BCUT2D eigenvalue weighted by Crippen LogP contribution is 2.23. The lowest BCUT2D eigenvalue weighted by molar-refractivity contribution is -0.133. The van der Waals surface area contributed by atoms with Gasteiger partial charge in [0, 0.05) is 55.9 Å². The van der Waals surface area contributed by atoms with Gasteiger partial charge >= 0.3 is 0 Å². The Kier molecular flexibility index (Phi) is 4.01. The molecule has 1 fully saturated rings. The molecule has 0 N–H and O–H groups in total. The molecule has 130 valence electrons. The van der Waals surface area contributed by atoms with Crippen molar-refractivity contribution >= 4 is 16.8 Å². The maximum Gasteiger partial charge on any atom is 0.242 e. The van der Waals surface area contributed by atoms with Crippen LogP contribution in [0.1, 0.15) is 0 Å². The van der Waals surface area contributed by atoms with Crippen molar-refractivity contribution in [3.8, 4) is 11.4 Å². The van der Waals surface area contributed by atoms with E-state index in [9.17, 15) is 4.79 Å². The summed E-state index contributed by atoms with van der Waals surface area (Å²) in [5.41, 5.74) is 2.04. The van der Waals surface area contributed by atoms with Gasteiger partial charge in [0.25, 0.3) is 0 Å². The number of carbonyl (C=O) groups is 1. The van der Waals surface area contributed by atoms with Crippen LogP contribution in [0.3, 0.4) is 0 Å². The van der Waals surface area contributed by atoms with Gasteiger partial charge in [0.2, 0.25) is 5.91 Å². The highest BCUT2D eigenvalue weighted by Gasteiger charge is 2.19. The molecule has 7 heteroatoms. The second-order valence-electron chi connectivity index (χ2n) is 6.64. The molecule has 3 heterocycles. The standard InChI is InChI=1S/C18H22N6O/c1-21-7-9-23(10-8-21)17(25)12-24-6-5-14-11-15(3-4-16(14)24)18-19-13-22(2)20-18/h3-6,11,13H,7-10,12H2,1-2H3. The molecule has 1 aliphatic heterocycles. The minimum atomic E-state index is 0.182. The van der Waals surface area contributed by atoms with Gasteiger partial charge in [-0.15, -0.1) is 0 Å². The molecule has 0 bridgehead atoms. The van der Waals surface area contributed by atoms with E-state index in [1.807, 2.05) is 40.9 Å². The van der Waals surface area contributed by atoms with E-state index in [1.54, 1.807) is 11.0 Å². The largest absolute Gasteiger partial charge is 0.339 e. The van der Waals surface area contributed by atoms with Crippen LogP contribution >= 0.6 is 0 Å². The second kappa shape index (κ2) is 6.33. The highest BCUT2D eigenvalue weighted by molar-refractivity contribution is 5.86. The first kappa shape index (κ1) is 15.8. The Labute approximate surface area is 146 Å². The average molecular weight is 338 g/mol. The van der Waals surface area contributed by atoms with Crippen molar-refractivity contribution in [2.24, 2.45) is 7.05 Å². The summed E-state index contributed by atoms with van der Waals surface area (Å²) in [6, 6.07) is 8.16. The molecule has 1 amide bonds. The Morgan fingerprint density at radius 1 is 1.12 bits per heavy atom. The number of likely N-dealkylation sites (N-methyl/N-ethyl adjacent to an activating group) is 1. The Morgan fingerprint density at radius 3 is 2.64 bits per heavy atom. The predicted octanol–water partition coefficient (Wildman–Crippen LogP) is 1.21. The van der Waals surface area contributed by atoms with E-state index in [0.29, 0.717) is 12.4 Å². The molecule has 2 aromatic heterocycles. The van der Waals surface area contributed by atoms with Gasteiger partial charge in [-0.05, 0) is 31.3 Å². The first-order chi connectivity index (χ1) is 12.1. The number of carbonyl (C=O) groups excluding carboxylic acids is 1. The van der Waals surface area contributed by atoms with E-state index in [1.165, 1.54) is 0 Å². The van der Waals surface area contributed by atoms with E-state index < -0.39 is 0 Å². The first-order valence-electron chi connectivity index (χ1n) is 8.51. The maximum atomic E-state index is 12.6. The number of rotatable bonds is 3. The van der Waals surface area contributed by atoms with Crippen molar-refractivity contribution in [3.63, 3.8) is 0 Å². The second-order valence-corrected chi connectivity index (χ2v) is 6.64. The lowest BCUT2D eigenvalue weighted by atomic mass is 10.1. The van der Waals surface area contributed by atoms with Gasteiger partial charge in [-0.1, -0.05) is 0 Å². The molecule has 3 aromatic rings. The van der Waals surface area contributed by atoms with Crippen LogP contribution in [0.2, 0.25) is 0 Å². The van der Waals surface area contributed by atoms with E-state index in [4.69, 9.17) is 0 Å². The number of hydrogen-bond donors (Lipinski definition) is 0. The van der Waals surface area contributed by atoms with Gasteiger partial charge in [0.15, 0.2) is 5.82 Å². The zero-order valence-electron chi connectivity index (χ0n) is 14.6. The van der Waals surface area contributed by atoms with Crippen molar-refractivity contribution in [3.05, 3.63) is 36.8 Å². The van der Waals surface area contributed by atoms with Crippen LogP contribution in [0.4, 0.5) is 0 Å². The molecular weight excluding hydrogens is 316 g/mol. The molecule has 0 spiro atoms. The third-order valence-electron chi connectivity index (χ3n) is 4.79. The first-order valence-corrected chi connectivity index (χ1v) is 8.51. The van der Waals surface area contributed by atoms with Crippen molar-refractivity contribution in [1.82, 2.24) is 29.1 Å². The molecule has 1 aromatic carbocycles. The SMILES string of the molecule is CN1CCN(C(=O)Cn2ccc3cc(-c4ncn(C)n4)ccc32)CC1. The summed E-state index contributed by atoms with van der Waals surface area (Å²) >= 11 is 0. The fraction of sp³-hybridized carbons (Fsp3) is 0.389. The molecule has 25 heavy (non-hydrogen) atoms. The molecule has 0 saturated carbocycles. The summed E-state index contributed by atoms with van der Waals surface area (Å²) in [6.45, 7) is 3.89. The van der Waals surface area contributed by atoms with Crippen LogP contribution in [0.15, 0.2) is 36.8 Å². The molecule has 1 aliphatic rings. The maximum absolute atomic E-state index is 12.6. The van der Waals surface area contributed by atoms with E-state index in [2.05, 4.69) is 28.1 Å². The Balaban J connectivity index is 1.54. The van der Waals surface area contributed by atoms with Gasteiger partial charge in [-0.25, -0.2) is 4.98 Å². The fourth-order valence-electron chi connectivity index (χ4n) is 3.25. The number of aryl methyl sites for hydroxylation is 1. The molecule has 0 aliphatic carbocycles. The number of amides is 1. The predicted molar refractivity (Wildman–Crippen MR) is 96.0 cm³/mol. The zero-order valence-corrected chi connectivity index (χ0v) is 14.6. The minimum absolute atomic E-state index is 0.182. The Bertz CT molecular complexity index is 903. The summed E-state index contributed by atoms with van der Waals surface area (Å²) in [5, 5.41) is 5.44. The third kappa shape index (κ3) is 3.15. The average Bonchev–Trinajstić information content (AvgIpc) is 3.21. The van der Waals surface area contributed by atoms with Crippen LogP contribution in [-0.4, -0.2) is 68.3 Å². The molecule has 0 unspecified atom stereocenters. The van der Waals surface area contributed by atoms with Gasteiger partial charge in [0.05, 0.1) is 0 Å². The topological polar surface area (TPSA) is 59.2 Å². The molecule has 7 nitrogen and oxygen atoms in total. The molecule has 0 radical (unpaired) electrons. The summed E-state index contributed by atoms with van der Waals surface area (Å²) in [4.78, 5) is 21.1. The van der Waals surface area contributed by atoms with Crippen LogP contribution in [0.25, 0.3) is 22.3 Å². The van der Waals surface area contributed by atoms with Gasteiger partial charge < -0.3 is 14.4 Å². The van der Waals surface area contributed by atoms with Crippen LogP contribution < -0.4 is 0 Å². The number of benzene rings is 1. The summed E-state index contributed by atoms with van der Waals surface area (Å²) in [7, 11) is 3.95. The van der Waals surface area contributed by atoms with E-state index in [0.717, 1.165) is 42.6 Å². The zero-order chi connectivity index (χ0) is 17.4. The van der Waals surface area contributed by atoms with Crippen LogP contribution in [0.5, 0.6) is 0 Å². The Hall–Kier alpha value is -2.67. The summed E-state index contributed by atoms with van der Waals surface area (Å²) in [5.74, 6) is 0.895. The summed E-state index contributed by atoms with van der Waals surface area (Å²) in [6.07, 6.45) is 3.67. The number of piperazine rings is 1. The lowest BCUT2D eigenvalue weighted by Crippen LogP contribution is -2.48. The summed E-state index contributed by atoms with van der Waals surface area (Å²) < 4.78 is 3.71. The van der Waals surface area contributed by atoms with Crippen molar-refractivity contribution in [2.45, 2.75) is 6.54 Å². The van der Waals surface area contributed by atoms with Crippen molar-refractivity contribution < 1.29 is 4.79 Å². The number of hydrogen-bond acceptors (Lipinski definition) is 4. The van der Waals surface area contributed by atoms with Crippen molar-refractivity contribution in [1.29, 1.82) is 0 Å². The number of fused-ring (bicyclic) bond motifs is 1. The van der Waals surface area contributed by atoms with Gasteiger partial charge in [-0.2, -0.15) is 5.10 Å². The lowest BCUT2D eigenvalue weighted by Gasteiger charge is -2.32. The van der Waals surface area contributed by atoms with Crippen LogP contribution in [0, 0.1) is 0 Å². The number of nitrogens with zero attached hydrogens (tertiary/aromatic N) is 6. The monoisotopic (exact) mass is 338 g/mol. The van der Waals surface area contributed by atoms with E-state index >= 15 is 0 Å². The molecule has 1 saturated heterocycles. The molecule has 0 atom stereocenters. The quantitative estimate of drug-likeness (QED) is 0.720. The smallest absolute Gasteiger partial charge is 0.242 e. The highest BCUT2D eigenvalue weighted by atomic mass is 16.2. The normalized spacial score (nSPS) is 15.8. The third-order valence-corrected chi connectivity index (χ3v) is 4.79. The molecular formula is C18H22N6O.